The van der Waals surface area contributed by atoms with Crippen LogP contribution in [0.4, 0.5) is 0 Å². The summed E-state index contributed by atoms with van der Waals surface area (Å²) in [4.78, 5) is 0. The van der Waals surface area contributed by atoms with Gasteiger partial charge in [-0.05, 0) is 26.3 Å². The number of hydrogen-bond acceptors (Lipinski definition) is 2. The molecule has 1 atom stereocenters. The Kier molecular flexibility index (Phi) is 1.34. The number of rotatable bonds is 0. The molecule has 1 unspecified atom stereocenters. The summed E-state index contributed by atoms with van der Waals surface area (Å²) >= 11 is 0. The molecule has 0 spiro atoms. The summed E-state index contributed by atoms with van der Waals surface area (Å²) in [5.74, 6) is -1.03. The lowest BCUT2D eigenvalue weighted by atomic mass is 9.80. The first-order valence-corrected chi connectivity index (χ1v) is 3.45. The zero-order chi connectivity index (χ0) is 7.99. The van der Waals surface area contributed by atoms with Crippen molar-refractivity contribution in [2.24, 2.45) is 5.41 Å². The van der Waals surface area contributed by atoms with Crippen LogP contribution in [0.15, 0.2) is 11.8 Å². The van der Waals surface area contributed by atoms with Gasteiger partial charge in [-0.25, -0.2) is 0 Å². The second-order valence-corrected chi connectivity index (χ2v) is 3.53. The molecule has 0 aromatic rings. The lowest BCUT2D eigenvalue weighted by Crippen LogP contribution is -2.39. The summed E-state index contributed by atoms with van der Waals surface area (Å²) < 4.78 is 5.06. The Labute approximate surface area is 61.5 Å². The van der Waals surface area contributed by atoms with E-state index in [1.807, 2.05) is 20.8 Å². The first kappa shape index (κ1) is 7.61. The van der Waals surface area contributed by atoms with Crippen LogP contribution in [0.2, 0.25) is 0 Å². The van der Waals surface area contributed by atoms with Crippen LogP contribution in [0.3, 0.4) is 0 Å². The average molecular weight is 142 g/mol. The molecule has 0 saturated carbocycles. The van der Waals surface area contributed by atoms with Crippen molar-refractivity contribution in [2.45, 2.75) is 33.5 Å². The quantitative estimate of drug-likeness (QED) is 0.557. The van der Waals surface area contributed by atoms with E-state index in [0.717, 1.165) is 5.57 Å². The van der Waals surface area contributed by atoms with Crippen LogP contribution >= 0.6 is 0 Å². The predicted octanol–water partition coefficient (Wildman–Crippen LogP) is 1.66. The third-order valence-electron chi connectivity index (χ3n) is 2.61. The Morgan fingerprint density at radius 2 is 1.90 bits per heavy atom. The first-order chi connectivity index (χ1) is 4.38. The van der Waals surface area contributed by atoms with Gasteiger partial charge in [-0.1, -0.05) is 0 Å². The number of ether oxygens (including phenoxy) is 1. The third-order valence-corrected chi connectivity index (χ3v) is 2.61. The van der Waals surface area contributed by atoms with E-state index in [-0.39, 0.29) is 5.41 Å². The topological polar surface area (TPSA) is 29.5 Å². The van der Waals surface area contributed by atoms with Gasteiger partial charge >= 0.3 is 0 Å². The Bertz CT molecular complexity index is 178. The fourth-order valence-corrected chi connectivity index (χ4v) is 0.864. The highest BCUT2D eigenvalue weighted by atomic mass is 16.6. The molecule has 0 fully saturated rings. The van der Waals surface area contributed by atoms with Gasteiger partial charge < -0.3 is 9.84 Å². The maximum absolute atomic E-state index is 9.62. The highest BCUT2D eigenvalue weighted by molar-refractivity contribution is 5.16. The van der Waals surface area contributed by atoms with Gasteiger partial charge in [-0.3, -0.25) is 0 Å². The minimum absolute atomic E-state index is 0.257. The maximum atomic E-state index is 9.62. The molecule has 1 rings (SSSR count). The third kappa shape index (κ3) is 0.754. The average Bonchev–Trinajstić information content (AvgIpc) is 1.94. The van der Waals surface area contributed by atoms with E-state index in [1.54, 1.807) is 13.2 Å². The molecule has 1 aliphatic rings. The lowest BCUT2D eigenvalue weighted by molar-refractivity contribution is -0.191. The van der Waals surface area contributed by atoms with Gasteiger partial charge in [0.05, 0.1) is 11.7 Å². The van der Waals surface area contributed by atoms with E-state index in [4.69, 9.17) is 4.74 Å². The van der Waals surface area contributed by atoms with Crippen LogP contribution in [0.5, 0.6) is 0 Å². The van der Waals surface area contributed by atoms with Crippen LogP contribution in [0.1, 0.15) is 27.7 Å². The van der Waals surface area contributed by atoms with Crippen LogP contribution in [-0.4, -0.2) is 10.9 Å². The monoisotopic (exact) mass is 142 g/mol. The zero-order valence-corrected chi connectivity index (χ0v) is 6.93. The highest BCUT2D eigenvalue weighted by Crippen LogP contribution is 2.43. The number of aliphatic hydroxyl groups is 1. The smallest absolute Gasteiger partial charge is 0.213 e. The van der Waals surface area contributed by atoms with Crippen molar-refractivity contribution in [1.29, 1.82) is 0 Å². The Hall–Kier alpha value is -0.500. The molecule has 58 valence electrons. The summed E-state index contributed by atoms with van der Waals surface area (Å²) in [6.45, 7) is 7.57. The van der Waals surface area contributed by atoms with E-state index >= 15 is 0 Å². The van der Waals surface area contributed by atoms with Crippen molar-refractivity contribution in [3.05, 3.63) is 11.8 Å². The molecule has 1 N–H and O–H groups in total. The van der Waals surface area contributed by atoms with Gasteiger partial charge in [-0.15, -0.1) is 0 Å². The SMILES string of the molecule is CC1=COC(C)(O)C1(C)C. The van der Waals surface area contributed by atoms with Gasteiger partial charge in [0, 0.05) is 6.92 Å². The van der Waals surface area contributed by atoms with Crippen molar-refractivity contribution in [3.63, 3.8) is 0 Å². The molecule has 10 heavy (non-hydrogen) atoms. The summed E-state index contributed by atoms with van der Waals surface area (Å²) in [6, 6.07) is 0. The van der Waals surface area contributed by atoms with Crippen LogP contribution in [0, 0.1) is 5.41 Å². The van der Waals surface area contributed by atoms with Gasteiger partial charge in [0.1, 0.15) is 0 Å². The summed E-state index contributed by atoms with van der Waals surface area (Å²) in [5, 5.41) is 9.62. The van der Waals surface area contributed by atoms with Crippen LogP contribution in [0.25, 0.3) is 0 Å². The van der Waals surface area contributed by atoms with Crippen molar-refractivity contribution in [1.82, 2.24) is 0 Å². The largest absolute Gasteiger partial charge is 0.470 e. The molecular weight excluding hydrogens is 128 g/mol. The summed E-state index contributed by atoms with van der Waals surface area (Å²) in [6.07, 6.45) is 1.62. The van der Waals surface area contributed by atoms with Crippen molar-refractivity contribution >= 4 is 0 Å². The molecule has 0 radical (unpaired) electrons. The molecule has 2 nitrogen and oxygen atoms in total. The second-order valence-electron chi connectivity index (χ2n) is 3.53. The number of hydrogen-bond donors (Lipinski definition) is 1. The fourth-order valence-electron chi connectivity index (χ4n) is 0.864. The van der Waals surface area contributed by atoms with E-state index < -0.39 is 5.79 Å². The van der Waals surface area contributed by atoms with Crippen LogP contribution in [-0.2, 0) is 4.74 Å². The van der Waals surface area contributed by atoms with Crippen molar-refractivity contribution in [2.75, 3.05) is 0 Å². The standard InChI is InChI=1S/C8H14O2/c1-6-5-10-8(4,9)7(6,2)3/h5,9H,1-4H3. The molecule has 2 heteroatoms. The molecule has 0 aromatic heterocycles. The lowest BCUT2D eigenvalue weighted by Gasteiger charge is -2.32. The van der Waals surface area contributed by atoms with Crippen LogP contribution < -0.4 is 0 Å². The molecular formula is C8H14O2. The highest BCUT2D eigenvalue weighted by Gasteiger charge is 2.46. The van der Waals surface area contributed by atoms with E-state index in [1.165, 1.54) is 0 Å². The Balaban J connectivity index is 2.96. The summed E-state index contributed by atoms with van der Waals surface area (Å²) in [5.41, 5.74) is 0.824. The predicted molar refractivity (Wildman–Crippen MR) is 39.2 cm³/mol. The minimum atomic E-state index is -1.03. The summed E-state index contributed by atoms with van der Waals surface area (Å²) in [7, 11) is 0. The van der Waals surface area contributed by atoms with E-state index in [9.17, 15) is 5.11 Å². The molecule has 1 aliphatic heterocycles. The van der Waals surface area contributed by atoms with Crippen molar-refractivity contribution < 1.29 is 9.84 Å². The zero-order valence-electron chi connectivity index (χ0n) is 6.93. The minimum Gasteiger partial charge on any atom is -0.470 e. The van der Waals surface area contributed by atoms with Gasteiger partial charge in [-0.2, -0.15) is 0 Å². The molecule has 0 saturated heterocycles. The Morgan fingerprint density at radius 1 is 1.40 bits per heavy atom. The van der Waals surface area contributed by atoms with Crippen molar-refractivity contribution in [3.8, 4) is 0 Å². The normalized spacial score (nSPS) is 37.1. The molecule has 0 aromatic carbocycles. The van der Waals surface area contributed by atoms with Gasteiger partial charge in [0.25, 0.3) is 0 Å². The van der Waals surface area contributed by atoms with E-state index in [2.05, 4.69) is 0 Å². The second kappa shape index (κ2) is 1.76. The Morgan fingerprint density at radius 3 is 2.00 bits per heavy atom. The van der Waals surface area contributed by atoms with E-state index in [0.29, 0.717) is 0 Å². The molecule has 0 aliphatic carbocycles. The van der Waals surface area contributed by atoms with Gasteiger partial charge in [0.2, 0.25) is 5.79 Å². The maximum Gasteiger partial charge on any atom is 0.213 e. The molecule has 1 heterocycles. The van der Waals surface area contributed by atoms with Gasteiger partial charge in [0.15, 0.2) is 0 Å². The molecule has 0 bridgehead atoms. The molecule has 0 amide bonds. The first-order valence-electron chi connectivity index (χ1n) is 3.45. The fraction of sp³-hybridized carbons (Fsp3) is 0.750.